The first-order valence-corrected chi connectivity index (χ1v) is 7.42. The number of carboxylic acids is 1. The van der Waals surface area contributed by atoms with Crippen molar-refractivity contribution in [3.05, 3.63) is 29.7 Å². The fraction of sp³-hybridized carbons (Fsp3) is 0.375. The van der Waals surface area contributed by atoms with Crippen molar-refractivity contribution in [1.82, 2.24) is 9.88 Å². The highest BCUT2D eigenvalue weighted by molar-refractivity contribution is 6.01. The highest BCUT2D eigenvalue weighted by Crippen LogP contribution is 2.29. The number of likely N-dealkylation sites (tertiary alicyclic amines) is 1. The Kier molecular flexibility index (Phi) is 3.94. The maximum Gasteiger partial charge on any atom is 0.326 e. The van der Waals surface area contributed by atoms with Gasteiger partial charge in [-0.2, -0.15) is 0 Å². The van der Waals surface area contributed by atoms with Crippen LogP contribution in [0.25, 0.3) is 10.9 Å². The quantitative estimate of drug-likeness (QED) is 0.910. The van der Waals surface area contributed by atoms with Gasteiger partial charge in [-0.15, -0.1) is 0 Å². The van der Waals surface area contributed by atoms with E-state index in [-0.39, 0.29) is 11.2 Å². The summed E-state index contributed by atoms with van der Waals surface area (Å²) in [7, 11) is 1.46. The largest absolute Gasteiger partial charge is 0.496 e. The van der Waals surface area contributed by atoms with Crippen LogP contribution in [0.1, 0.15) is 29.8 Å². The maximum absolute atomic E-state index is 13.9. The number of nitrogens with zero attached hydrogens (tertiary/aromatic N) is 1. The SMILES string of the molecule is COc1ccc(F)c2[nH]c(C(=O)N3CCCC[C@@H]3C(=O)O)cc12. The maximum atomic E-state index is 13.9. The monoisotopic (exact) mass is 320 g/mol. The molecule has 0 radical (unpaired) electrons. The van der Waals surface area contributed by atoms with E-state index in [0.29, 0.717) is 24.1 Å². The minimum Gasteiger partial charge on any atom is -0.496 e. The third-order valence-electron chi connectivity index (χ3n) is 4.20. The Morgan fingerprint density at radius 3 is 2.87 bits per heavy atom. The number of carbonyl (C=O) groups is 2. The van der Waals surface area contributed by atoms with Gasteiger partial charge < -0.3 is 19.7 Å². The number of hydrogen-bond donors (Lipinski definition) is 2. The van der Waals surface area contributed by atoms with E-state index in [1.54, 1.807) is 0 Å². The van der Waals surface area contributed by atoms with Gasteiger partial charge in [0.05, 0.1) is 12.6 Å². The number of methoxy groups -OCH3 is 1. The number of aliphatic carboxylic acids is 1. The second-order valence-corrected chi connectivity index (χ2v) is 5.57. The van der Waals surface area contributed by atoms with Gasteiger partial charge in [-0.05, 0) is 37.5 Å². The van der Waals surface area contributed by atoms with Crippen LogP contribution in [0.4, 0.5) is 4.39 Å². The minimum atomic E-state index is -1.02. The van der Waals surface area contributed by atoms with Crippen molar-refractivity contribution in [1.29, 1.82) is 0 Å². The van der Waals surface area contributed by atoms with E-state index in [9.17, 15) is 19.1 Å². The number of amides is 1. The molecule has 2 N–H and O–H groups in total. The molecule has 1 aromatic heterocycles. The van der Waals surface area contributed by atoms with Crippen LogP contribution in [-0.4, -0.2) is 46.6 Å². The summed E-state index contributed by atoms with van der Waals surface area (Å²) in [4.78, 5) is 28.1. The summed E-state index contributed by atoms with van der Waals surface area (Å²) >= 11 is 0. The lowest BCUT2D eigenvalue weighted by molar-refractivity contribution is -0.143. The number of ether oxygens (including phenoxy) is 1. The Labute approximate surface area is 131 Å². The van der Waals surface area contributed by atoms with Crippen LogP contribution in [0.2, 0.25) is 0 Å². The number of nitrogens with one attached hydrogen (secondary N) is 1. The van der Waals surface area contributed by atoms with Crippen LogP contribution in [0.3, 0.4) is 0 Å². The van der Waals surface area contributed by atoms with Crippen LogP contribution < -0.4 is 4.74 Å². The average Bonchev–Trinajstić information content (AvgIpc) is 3.00. The molecule has 3 rings (SSSR count). The number of carboxylic acid groups (broad SMARTS) is 1. The van der Waals surface area contributed by atoms with Crippen molar-refractivity contribution < 1.29 is 23.8 Å². The van der Waals surface area contributed by atoms with E-state index in [1.165, 1.54) is 30.2 Å². The zero-order valence-corrected chi connectivity index (χ0v) is 12.6. The molecule has 1 saturated heterocycles. The second-order valence-electron chi connectivity index (χ2n) is 5.57. The molecule has 7 heteroatoms. The lowest BCUT2D eigenvalue weighted by Gasteiger charge is -2.32. The zero-order chi connectivity index (χ0) is 16.6. The number of carbonyl (C=O) groups excluding carboxylic acids is 1. The van der Waals surface area contributed by atoms with Gasteiger partial charge >= 0.3 is 5.97 Å². The van der Waals surface area contributed by atoms with Gasteiger partial charge in [0.1, 0.15) is 23.3 Å². The molecular formula is C16H17FN2O4. The molecule has 1 fully saturated rings. The third kappa shape index (κ3) is 2.62. The third-order valence-corrected chi connectivity index (χ3v) is 4.20. The van der Waals surface area contributed by atoms with Crippen molar-refractivity contribution in [3.63, 3.8) is 0 Å². The number of hydrogen-bond acceptors (Lipinski definition) is 3. The Bertz CT molecular complexity index is 771. The molecule has 1 aliphatic heterocycles. The summed E-state index contributed by atoms with van der Waals surface area (Å²) in [6.07, 6.45) is 1.96. The molecule has 2 heterocycles. The van der Waals surface area contributed by atoms with Gasteiger partial charge in [-0.1, -0.05) is 0 Å². The molecule has 1 atom stereocenters. The van der Waals surface area contributed by atoms with E-state index < -0.39 is 23.7 Å². The molecule has 2 aromatic rings. The Balaban J connectivity index is 2.00. The lowest BCUT2D eigenvalue weighted by atomic mass is 10.0. The number of aromatic amines is 1. The Hall–Kier alpha value is -2.57. The van der Waals surface area contributed by atoms with Crippen molar-refractivity contribution in [2.75, 3.05) is 13.7 Å². The molecular weight excluding hydrogens is 303 g/mol. The highest BCUT2D eigenvalue weighted by Gasteiger charge is 2.33. The lowest BCUT2D eigenvalue weighted by Crippen LogP contribution is -2.48. The standard InChI is InChI=1S/C16H17FN2O4/c1-23-13-6-5-10(17)14-9(13)8-11(18-14)15(20)19-7-3-2-4-12(19)16(21)22/h5-6,8,12,18H,2-4,7H2,1H3,(H,21,22)/t12-/m1/s1. The fourth-order valence-electron chi connectivity index (χ4n) is 3.04. The van der Waals surface area contributed by atoms with Crippen molar-refractivity contribution in [2.24, 2.45) is 0 Å². The van der Waals surface area contributed by atoms with Gasteiger partial charge in [0.15, 0.2) is 0 Å². The van der Waals surface area contributed by atoms with Gasteiger partial charge in [0, 0.05) is 11.9 Å². The summed E-state index contributed by atoms with van der Waals surface area (Å²) < 4.78 is 19.1. The predicted octanol–water partition coefficient (Wildman–Crippen LogP) is 2.39. The van der Waals surface area contributed by atoms with E-state index in [4.69, 9.17) is 4.74 Å². The molecule has 0 bridgehead atoms. The van der Waals surface area contributed by atoms with Crippen LogP contribution >= 0.6 is 0 Å². The van der Waals surface area contributed by atoms with Crippen molar-refractivity contribution in [3.8, 4) is 5.75 Å². The molecule has 0 spiro atoms. The number of halogens is 1. The van der Waals surface area contributed by atoms with Gasteiger partial charge in [0.25, 0.3) is 5.91 Å². The Morgan fingerprint density at radius 2 is 2.17 bits per heavy atom. The first-order valence-electron chi connectivity index (χ1n) is 7.42. The topological polar surface area (TPSA) is 82.6 Å². The van der Waals surface area contributed by atoms with Crippen LogP contribution in [0.5, 0.6) is 5.75 Å². The van der Waals surface area contributed by atoms with Crippen LogP contribution in [0, 0.1) is 5.82 Å². The van der Waals surface area contributed by atoms with Crippen molar-refractivity contribution in [2.45, 2.75) is 25.3 Å². The van der Waals surface area contributed by atoms with Gasteiger partial charge in [0.2, 0.25) is 0 Å². The smallest absolute Gasteiger partial charge is 0.326 e. The first kappa shape index (κ1) is 15.3. The first-order chi connectivity index (χ1) is 11.0. The number of H-pyrrole nitrogens is 1. The fourth-order valence-corrected chi connectivity index (χ4v) is 3.04. The van der Waals surface area contributed by atoms with Gasteiger partial charge in [-0.3, -0.25) is 4.79 Å². The number of piperidine rings is 1. The normalized spacial score (nSPS) is 18.2. The van der Waals surface area contributed by atoms with E-state index in [1.807, 2.05) is 0 Å². The summed E-state index contributed by atoms with van der Waals surface area (Å²) in [6.45, 7) is 0.380. The summed E-state index contributed by atoms with van der Waals surface area (Å²) in [5, 5.41) is 9.74. The molecule has 1 aromatic carbocycles. The van der Waals surface area contributed by atoms with Crippen LogP contribution in [-0.2, 0) is 4.79 Å². The second kappa shape index (κ2) is 5.91. The summed E-state index contributed by atoms with van der Waals surface area (Å²) in [5.41, 5.74) is 0.341. The van der Waals surface area contributed by atoms with E-state index >= 15 is 0 Å². The number of benzene rings is 1. The molecule has 1 aliphatic rings. The zero-order valence-electron chi connectivity index (χ0n) is 12.6. The molecule has 23 heavy (non-hydrogen) atoms. The number of fused-ring (bicyclic) bond motifs is 1. The number of rotatable bonds is 3. The van der Waals surface area contributed by atoms with Crippen molar-refractivity contribution >= 4 is 22.8 Å². The molecule has 122 valence electrons. The molecule has 6 nitrogen and oxygen atoms in total. The predicted molar refractivity (Wildman–Crippen MR) is 81.1 cm³/mol. The summed E-state index contributed by atoms with van der Waals surface area (Å²) in [5.74, 6) is -1.49. The molecule has 0 unspecified atom stereocenters. The average molecular weight is 320 g/mol. The molecule has 1 amide bonds. The van der Waals surface area contributed by atoms with E-state index in [2.05, 4.69) is 4.98 Å². The number of aromatic nitrogens is 1. The minimum absolute atomic E-state index is 0.163. The molecule has 0 saturated carbocycles. The van der Waals surface area contributed by atoms with E-state index in [0.717, 1.165) is 12.8 Å². The highest BCUT2D eigenvalue weighted by atomic mass is 19.1. The van der Waals surface area contributed by atoms with Crippen LogP contribution in [0.15, 0.2) is 18.2 Å². The van der Waals surface area contributed by atoms with Gasteiger partial charge in [-0.25, -0.2) is 9.18 Å². The molecule has 0 aliphatic carbocycles. The summed E-state index contributed by atoms with van der Waals surface area (Å²) in [6, 6.07) is 3.41. The Morgan fingerprint density at radius 1 is 1.39 bits per heavy atom.